The molecule has 1 heterocycles. The Balaban J connectivity index is 3.23. The van der Waals surface area contributed by atoms with Crippen LogP contribution in [0.1, 0.15) is 5.56 Å². The van der Waals surface area contributed by atoms with Crippen molar-refractivity contribution in [3.05, 3.63) is 22.8 Å². The van der Waals surface area contributed by atoms with E-state index in [2.05, 4.69) is 32.8 Å². The molecular weight excluding hydrogens is 276 g/mol. The van der Waals surface area contributed by atoms with E-state index in [4.69, 9.17) is 11.6 Å². The van der Waals surface area contributed by atoms with E-state index in [1.807, 2.05) is 6.07 Å². The zero-order valence-electron chi connectivity index (χ0n) is 7.98. The first kappa shape index (κ1) is 10.3. The Labute approximate surface area is 83.0 Å². The second kappa shape index (κ2) is 3.54. The van der Waals surface area contributed by atoms with E-state index < -0.39 is 18.4 Å². The fourth-order valence-electron chi connectivity index (χ4n) is 1.26. The van der Waals surface area contributed by atoms with E-state index in [9.17, 15) is 0 Å². The molecule has 3 heteroatoms. The van der Waals surface area contributed by atoms with Crippen molar-refractivity contribution in [3.8, 4) is 0 Å². The number of halogens is 1. The SMILES string of the molecule is Cc1ccc(Cl)n[c]1[Sn]([CH3])([CH3])[CH3]. The molecule has 66 valence electrons. The van der Waals surface area contributed by atoms with Crippen LogP contribution in [0.3, 0.4) is 0 Å². The maximum absolute atomic E-state index is 5.85. The molecule has 0 saturated heterocycles. The minimum absolute atomic E-state index is 0.627. The van der Waals surface area contributed by atoms with Crippen molar-refractivity contribution in [1.82, 2.24) is 4.98 Å². The van der Waals surface area contributed by atoms with Crippen LogP contribution in [0.5, 0.6) is 0 Å². The second-order valence-corrected chi connectivity index (χ2v) is 18.6. The second-order valence-electron chi connectivity index (χ2n) is 4.05. The first-order valence-corrected chi connectivity index (χ1v) is 14.4. The molecule has 12 heavy (non-hydrogen) atoms. The fraction of sp³-hybridized carbons (Fsp3) is 0.444. The molecule has 0 aliphatic heterocycles. The molecule has 0 atom stereocenters. The summed E-state index contributed by atoms with van der Waals surface area (Å²) in [5.41, 5.74) is 1.29. The van der Waals surface area contributed by atoms with Gasteiger partial charge in [0.1, 0.15) is 0 Å². The molecule has 0 aliphatic carbocycles. The predicted molar refractivity (Wildman–Crippen MR) is 57.0 cm³/mol. The van der Waals surface area contributed by atoms with E-state index in [0.29, 0.717) is 5.15 Å². The summed E-state index contributed by atoms with van der Waals surface area (Å²) in [7, 11) is 0. The Bertz CT molecular complexity index is 291. The Morgan fingerprint density at radius 3 is 2.25 bits per heavy atom. The summed E-state index contributed by atoms with van der Waals surface area (Å²) in [4.78, 5) is 11.4. The molecule has 0 spiro atoms. The van der Waals surface area contributed by atoms with E-state index >= 15 is 0 Å². The summed E-state index contributed by atoms with van der Waals surface area (Å²) < 4.78 is 1.29. The molecule has 0 bridgehead atoms. The Morgan fingerprint density at radius 1 is 1.25 bits per heavy atom. The van der Waals surface area contributed by atoms with Gasteiger partial charge >= 0.3 is 83.3 Å². The summed E-state index contributed by atoms with van der Waals surface area (Å²) in [5, 5.41) is 0.627. The summed E-state index contributed by atoms with van der Waals surface area (Å²) in [6.07, 6.45) is 0. The van der Waals surface area contributed by atoms with Gasteiger partial charge < -0.3 is 0 Å². The summed E-state index contributed by atoms with van der Waals surface area (Å²) in [6, 6.07) is 3.92. The van der Waals surface area contributed by atoms with Crippen LogP contribution in [0, 0.1) is 6.92 Å². The third-order valence-electron chi connectivity index (χ3n) is 1.77. The molecule has 0 radical (unpaired) electrons. The van der Waals surface area contributed by atoms with Gasteiger partial charge in [0.2, 0.25) is 0 Å². The number of rotatable bonds is 1. The molecule has 1 rings (SSSR count). The minimum atomic E-state index is -2.01. The number of aryl methyl sites for hydroxylation is 1. The first-order chi connectivity index (χ1) is 5.41. The molecule has 0 saturated carbocycles. The van der Waals surface area contributed by atoms with Crippen LogP contribution in [0.4, 0.5) is 0 Å². The van der Waals surface area contributed by atoms with Crippen molar-refractivity contribution in [2.45, 2.75) is 21.7 Å². The Morgan fingerprint density at radius 2 is 1.83 bits per heavy atom. The third-order valence-corrected chi connectivity index (χ3v) is 7.48. The van der Waals surface area contributed by atoms with Gasteiger partial charge in [0, 0.05) is 0 Å². The molecular formula is C9H14ClNSn. The van der Waals surface area contributed by atoms with Gasteiger partial charge in [-0.2, -0.15) is 0 Å². The molecule has 1 aromatic heterocycles. The van der Waals surface area contributed by atoms with Gasteiger partial charge in [-0.1, -0.05) is 0 Å². The zero-order chi connectivity index (χ0) is 9.35. The summed E-state index contributed by atoms with van der Waals surface area (Å²) in [6.45, 7) is 2.11. The molecule has 1 aromatic rings. The zero-order valence-corrected chi connectivity index (χ0v) is 11.6. The Hall–Kier alpha value is 0.239. The van der Waals surface area contributed by atoms with Gasteiger partial charge in [0.05, 0.1) is 0 Å². The van der Waals surface area contributed by atoms with Crippen molar-refractivity contribution < 1.29 is 0 Å². The van der Waals surface area contributed by atoms with Crippen molar-refractivity contribution in [2.24, 2.45) is 0 Å². The van der Waals surface area contributed by atoms with Crippen molar-refractivity contribution in [1.29, 1.82) is 0 Å². The molecule has 0 N–H and O–H groups in total. The third kappa shape index (κ3) is 2.36. The number of hydrogen-bond donors (Lipinski definition) is 0. The summed E-state index contributed by atoms with van der Waals surface area (Å²) >= 11 is 3.83. The van der Waals surface area contributed by atoms with Gasteiger partial charge in [0.25, 0.3) is 0 Å². The average Bonchev–Trinajstić information content (AvgIpc) is 1.92. The monoisotopic (exact) mass is 291 g/mol. The molecule has 0 aliphatic rings. The van der Waals surface area contributed by atoms with Gasteiger partial charge in [-0.15, -0.1) is 0 Å². The van der Waals surface area contributed by atoms with E-state index in [1.54, 1.807) is 0 Å². The van der Waals surface area contributed by atoms with Gasteiger partial charge in [-0.25, -0.2) is 0 Å². The Kier molecular flexibility index (Phi) is 3.05. The van der Waals surface area contributed by atoms with Gasteiger partial charge in [-0.05, 0) is 0 Å². The predicted octanol–water partition coefficient (Wildman–Crippen LogP) is 2.59. The van der Waals surface area contributed by atoms with Crippen LogP contribution in [0.2, 0.25) is 20.0 Å². The van der Waals surface area contributed by atoms with Gasteiger partial charge in [-0.3, -0.25) is 0 Å². The average molecular weight is 290 g/mol. The number of pyridine rings is 1. The molecule has 0 fully saturated rings. The number of hydrogen-bond acceptors (Lipinski definition) is 1. The van der Waals surface area contributed by atoms with Crippen LogP contribution in [-0.2, 0) is 0 Å². The van der Waals surface area contributed by atoms with Crippen LogP contribution >= 0.6 is 11.6 Å². The first-order valence-electron chi connectivity index (χ1n) is 4.05. The van der Waals surface area contributed by atoms with Crippen molar-refractivity contribution in [3.63, 3.8) is 0 Å². The van der Waals surface area contributed by atoms with E-state index in [1.165, 1.54) is 9.27 Å². The van der Waals surface area contributed by atoms with E-state index in [-0.39, 0.29) is 0 Å². The summed E-state index contributed by atoms with van der Waals surface area (Å²) in [5.74, 6) is 0. The van der Waals surface area contributed by atoms with Crippen LogP contribution in [0.25, 0.3) is 0 Å². The fourth-order valence-corrected chi connectivity index (χ4v) is 6.53. The molecule has 1 nitrogen and oxygen atoms in total. The van der Waals surface area contributed by atoms with Gasteiger partial charge in [0.15, 0.2) is 0 Å². The molecule has 0 unspecified atom stereocenters. The maximum atomic E-state index is 5.85. The number of aromatic nitrogens is 1. The van der Waals surface area contributed by atoms with Crippen LogP contribution in [-0.4, -0.2) is 23.4 Å². The van der Waals surface area contributed by atoms with E-state index in [0.717, 1.165) is 0 Å². The standard InChI is InChI=1S/C6H5ClN.3CH3.Sn/c1-5-2-3-6(7)8-4-5;;;;/h2-3H,1H3;3*1H3;. The van der Waals surface area contributed by atoms with Crippen molar-refractivity contribution in [2.75, 3.05) is 0 Å². The van der Waals surface area contributed by atoms with Crippen LogP contribution in [0.15, 0.2) is 12.1 Å². The normalized spacial score (nSPS) is 11.8. The molecule has 0 amide bonds. The van der Waals surface area contributed by atoms with Crippen molar-refractivity contribution >= 4 is 33.7 Å². The molecule has 0 aromatic carbocycles. The topological polar surface area (TPSA) is 12.9 Å². The quantitative estimate of drug-likeness (QED) is 0.572. The number of nitrogens with zero attached hydrogens (tertiary/aromatic N) is 1. The van der Waals surface area contributed by atoms with Crippen LogP contribution < -0.4 is 3.71 Å².